The van der Waals surface area contributed by atoms with E-state index < -0.39 is 30.4 Å². The van der Waals surface area contributed by atoms with Gasteiger partial charge in [-0.1, -0.05) is 5.16 Å². The number of anilines is 1. The first kappa shape index (κ1) is 16.3. The third-order valence-corrected chi connectivity index (χ3v) is 2.69. The van der Waals surface area contributed by atoms with Crippen molar-refractivity contribution in [2.24, 2.45) is 0 Å². The van der Waals surface area contributed by atoms with E-state index in [0.29, 0.717) is 5.76 Å². The molecule has 0 saturated carbocycles. The van der Waals surface area contributed by atoms with E-state index in [1.54, 1.807) is 13.0 Å². The Kier molecular flexibility index (Phi) is 5.13. The van der Waals surface area contributed by atoms with Crippen LogP contribution in [0.2, 0.25) is 0 Å². The summed E-state index contributed by atoms with van der Waals surface area (Å²) in [5.41, 5.74) is 0. The van der Waals surface area contributed by atoms with Crippen LogP contribution < -0.4 is 10.6 Å². The number of hydrogen-bond donors (Lipinski definition) is 2. The van der Waals surface area contributed by atoms with Crippen LogP contribution in [0.4, 0.5) is 5.82 Å². The second-order valence-corrected chi connectivity index (χ2v) is 4.65. The lowest BCUT2D eigenvalue weighted by molar-refractivity contribution is -0.148. The summed E-state index contributed by atoms with van der Waals surface area (Å²) >= 11 is 0. The number of esters is 1. The van der Waals surface area contributed by atoms with Gasteiger partial charge in [-0.3, -0.25) is 9.59 Å². The zero-order valence-corrected chi connectivity index (χ0v) is 12.5. The van der Waals surface area contributed by atoms with Gasteiger partial charge in [-0.2, -0.15) is 0 Å². The standard InChI is InChI=1S/C14H15N3O6/c1-8-6-11(17-23-8)16-12(18)7-22-14(20)9(2)15-13(19)10-4-3-5-21-10/h3-6,9H,7H2,1-2H3,(H,15,19)(H,16,17,18)/t9-/m0/s1. The van der Waals surface area contributed by atoms with Crippen LogP contribution in [0.25, 0.3) is 0 Å². The maximum Gasteiger partial charge on any atom is 0.328 e. The minimum atomic E-state index is -0.935. The summed E-state index contributed by atoms with van der Waals surface area (Å²) in [5.74, 6) is -1.05. The molecule has 0 saturated heterocycles. The molecule has 2 N–H and O–H groups in total. The number of aromatic nitrogens is 1. The van der Waals surface area contributed by atoms with E-state index >= 15 is 0 Å². The Morgan fingerprint density at radius 1 is 1.39 bits per heavy atom. The number of aryl methyl sites for hydroxylation is 1. The molecule has 0 aliphatic heterocycles. The molecular formula is C14H15N3O6. The number of ether oxygens (including phenoxy) is 1. The fourth-order valence-electron chi connectivity index (χ4n) is 1.60. The van der Waals surface area contributed by atoms with E-state index in [9.17, 15) is 14.4 Å². The highest BCUT2D eigenvalue weighted by molar-refractivity contribution is 5.95. The highest BCUT2D eigenvalue weighted by Crippen LogP contribution is 2.06. The first-order valence-electron chi connectivity index (χ1n) is 6.70. The number of hydrogen-bond acceptors (Lipinski definition) is 7. The van der Waals surface area contributed by atoms with Gasteiger partial charge in [-0.25, -0.2) is 4.79 Å². The molecule has 0 spiro atoms. The van der Waals surface area contributed by atoms with Crippen LogP contribution >= 0.6 is 0 Å². The molecule has 2 heterocycles. The van der Waals surface area contributed by atoms with E-state index in [-0.39, 0.29) is 11.6 Å². The number of carbonyl (C=O) groups is 3. The van der Waals surface area contributed by atoms with Crippen molar-refractivity contribution in [1.29, 1.82) is 0 Å². The molecule has 9 heteroatoms. The molecule has 0 radical (unpaired) electrons. The van der Waals surface area contributed by atoms with Crippen LogP contribution in [0.1, 0.15) is 23.2 Å². The molecular weight excluding hydrogens is 306 g/mol. The molecule has 23 heavy (non-hydrogen) atoms. The normalized spacial score (nSPS) is 11.6. The summed E-state index contributed by atoms with van der Waals surface area (Å²) in [7, 11) is 0. The van der Waals surface area contributed by atoms with E-state index in [4.69, 9.17) is 13.7 Å². The molecule has 2 aromatic rings. The van der Waals surface area contributed by atoms with Crippen LogP contribution in [-0.2, 0) is 14.3 Å². The van der Waals surface area contributed by atoms with Crippen molar-refractivity contribution < 1.29 is 28.1 Å². The van der Waals surface area contributed by atoms with Crippen LogP contribution in [-0.4, -0.2) is 35.6 Å². The van der Waals surface area contributed by atoms with Crippen molar-refractivity contribution in [2.75, 3.05) is 11.9 Å². The Bertz CT molecular complexity index is 691. The number of furan rings is 1. The second-order valence-electron chi connectivity index (χ2n) is 4.65. The smallest absolute Gasteiger partial charge is 0.328 e. The molecule has 2 aromatic heterocycles. The van der Waals surface area contributed by atoms with Crippen LogP contribution in [0.5, 0.6) is 0 Å². The van der Waals surface area contributed by atoms with Gasteiger partial charge in [0.2, 0.25) is 0 Å². The topological polar surface area (TPSA) is 124 Å². The fourth-order valence-corrected chi connectivity index (χ4v) is 1.60. The van der Waals surface area contributed by atoms with E-state index in [0.717, 1.165) is 0 Å². The van der Waals surface area contributed by atoms with Gasteiger partial charge in [-0.05, 0) is 26.0 Å². The molecule has 0 fully saturated rings. The Balaban J connectivity index is 1.75. The Morgan fingerprint density at radius 3 is 2.78 bits per heavy atom. The minimum Gasteiger partial charge on any atom is -0.459 e. The van der Waals surface area contributed by atoms with Crippen LogP contribution in [0.15, 0.2) is 33.4 Å². The summed E-state index contributed by atoms with van der Waals surface area (Å²) in [5, 5.41) is 8.36. The maximum absolute atomic E-state index is 11.7. The Morgan fingerprint density at radius 2 is 2.17 bits per heavy atom. The monoisotopic (exact) mass is 321 g/mol. The molecule has 1 atom stereocenters. The van der Waals surface area contributed by atoms with Gasteiger partial charge in [0, 0.05) is 6.07 Å². The summed E-state index contributed by atoms with van der Waals surface area (Å²) in [6, 6.07) is 3.59. The molecule has 0 aliphatic rings. The molecule has 2 amide bonds. The number of rotatable bonds is 6. The first-order valence-corrected chi connectivity index (χ1v) is 6.70. The molecule has 2 rings (SSSR count). The van der Waals surface area contributed by atoms with Crippen molar-refractivity contribution in [3.05, 3.63) is 36.0 Å². The third-order valence-electron chi connectivity index (χ3n) is 2.69. The first-order chi connectivity index (χ1) is 11.0. The van der Waals surface area contributed by atoms with Crippen molar-refractivity contribution in [3.63, 3.8) is 0 Å². The van der Waals surface area contributed by atoms with Crippen LogP contribution in [0, 0.1) is 6.92 Å². The average molecular weight is 321 g/mol. The van der Waals surface area contributed by atoms with Crippen molar-refractivity contribution in [1.82, 2.24) is 10.5 Å². The molecule has 0 bridgehead atoms. The van der Waals surface area contributed by atoms with E-state index in [2.05, 4.69) is 15.8 Å². The lowest BCUT2D eigenvalue weighted by Crippen LogP contribution is -2.40. The number of nitrogens with one attached hydrogen (secondary N) is 2. The van der Waals surface area contributed by atoms with Crippen molar-refractivity contribution in [2.45, 2.75) is 19.9 Å². The lowest BCUT2D eigenvalue weighted by atomic mass is 10.3. The Labute approximate surface area is 131 Å². The van der Waals surface area contributed by atoms with Crippen LogP contribution in [0.3, 0.4) is 0 Å². The lowest BCUT2D eigenvalue weighted by Gasteiger charge is -2.12. The van der Waals surface area contributed by atoms with E-state index in [1.807, 2.05) is 0 Å². The Hall–Kier alpha value is -3.10. The van der Waals surface area contributed by atoms with Gasteiger partial charge in [0.15, 0.2) is 18.2 Å². The number of amides is 2. The summed E-state index contributed by atoms with van der Waals surface area (Å²) in [4.78, 5) is 35.0. The summed E-state index contributed by atoms with van der Waals surface area (Å²) in [6.07, 6.45) is 1.34. The molecule has 9 nitrogen and oxygen atoms in total. The molecule has 122 valence electrons. The molecule has 0 aliphatic carbocycles. The second kappa shape index (κ2) is 7.25. The van der Waals surface area contributed by atoms with Gasteiger partial charge in [0.1, 0.15) is 11.8 Å². The van der Waals surface area contributed by atoms with Gasteiger partial charge in [-0.15, -0.1) is 0 Å². The number of nitrogens with zero attached hydrogens (tertiary/aromatic N) is 1. The highest BCUT2D eigenvalue weighted by Gasteiger charge is 2.20. The number of carbonyl (C=O) groups excluding carboxylic acids is 3. The average Bonchev–Trinajstić information content (AvgIpc) is 3.16. The van der Waals surface area contributed by atoms with Gasteiger partial charge >= 0.3 is 5.97 Å². The highest BCUT2D eigenvalue weighted by atomic mass is 16.5. The predicted octanol–water partition coefficient (Wildman–Crippen LogP) is 0.876. The van der Waals surface area contributed by atoms with Crippen molar-refractivity contribution in [3.8, 4) is 0 Å². The quantitative estimate of drug-likeness (QED) is 0.757. The minimum absolute atomic E-state index is 0.0730. The largest absolute Gasteiger partial charge is 0.459 e. The molecule has 0 unspecified atom stereocenters. The zero-order chi connectivity index (χ0) is 16.8. The van der Waals surface area contributed by atoms with Gasteiger partial charge in [0.05, 0.1) is 6.26 Å². The van der Waals surface area contributed by atoms with Gasteiger partial charge < -0.3 is 24.3 Å². The predicted molar refractivity (Wildman–Crippen MR) is 76.5 cm³/mol. The summed E-state index contributed by atoms with van der Waals surface area (Å²) in [6.45, 7) is 2.60. The summed E-state index contributed by atoms with van der Waals surface area (Å²) < 4.78 is 14.5. The van der Waals surface area contributed by atoms with Gasteiger partial charge in [0.25, 0.3) is 11.8 Å². The third kappa shape index (κ3) is 4.70. The molecule has 0 aromatic carbocycles. The SMILES string of the molecule is Cc1cc(NC(=O)COC(=O)[C@H](C)NC(=O)c2ccco2)no1. The van der Waals surface area contributed by atoms with E-state index in [1.165, 1.54) is 25.3 Å². The maximum atomic E-state index is 11.7. The van der Waals surface area contributed by atoms with Crippen molar-refractivity contribution >= 4 is 23.6 Å². The fraction of sp³-hybridized carbons (Fsp3) is 0.286. The zero-order valence-electron chi connectivity index (χ0n) is 12.5.